The van der Waals surface area contributed by atoms with Crippen molar-refractivity contribution in [2.45, 2.75) is 53.9 Å². The fraction of sp³-hybridized carbons (Fsp3) is 0.500. The highest BCUT2D eigenvalue weighted by atomic mass is 14.6. The van der Waals surface area contributed by atoms with Crippen LogP contribution in [-0.4, -0.2) is 4.98 Å². The second-order valence-corrected chi connectivity index (χ2v) is 4.14. The van der Waals surface area contributed by atoms with Crippen molar-refractivity contribution in [1.82, 2.24) is 4.98 Å². The molecule has 0 aromatic carbocycles. The second-order valence-electron chi connectivity index (χ2n) is 4.14. The van der Waals surface area contributed by atoms with E-state index in [1.807, 2.05) is 40.1 Å². The van der Waals surface area contributed by atoms with Gasteiger partial charge in [-0.05, 0) is 48.4 Å². The number of nitrogens with zero attached hydrogens (tertiary/aromatic N) is 1. The van der Waals surface area contributed by atoms with Gasteiger partial charge in [0.25, 0.3) is 0 Å². The average Bonchev–Trinajstić information content (AvgIpc) is 2.53. The third-order valence-corrected chi connectivity index (χ3v) is 2.88. The van der Waals surface area contributed by atoms with Gasteiger partial charge in [-0.15, -0.1) is 0 Å². The molecule has 0 N–H and O–H groups in total. The molecule has 1 nitrogen and oxygen atoms in total. The van der Waals surface area contributed by atoms with Gasteiger partial charge in [-0.2, -0.15) is 0 Å². The van der Waals surface area contributed by atoms with Crippen LogP contribution in [0.5, 0.6) is 0 Å². The number of hydrogen-bond acceptors (Lipinski definition) is 1. The van der Waals surface area contributed by atoms with Crippen molar-refractivity contribution in [2.75, 3.05) is 0 Å². The van der Waals surface area contributed by atoms with Crippen molar-refractivity contribution >= 4 is 0 Å². The average molecular weight is 259 g/mol. The summed E-state index contributed by atoms with van der Waals surface area (Å²) in [5.74, 6) is 0.615. The number of allylic oxidation sites excluding steroid dienone is 4. The number of rotatable bonds is 3. The topological polar surface area (TPSA) is 12.9 Å². The first-order valence-electron chi connectivity index (χ1n) is 7.62. The van der Waals surface area contributed by atoms with Gasteiger partial charge in [-0.1, -0.05) is 52.8 Å². The zero-order chi connectivity index (χ0) is 14.5. The van der Waals surface area contributed by atoms with Crippen molar-refractivity contribution in [3.63, 3.8) is 0 Å². The van der Waals surface area contributed by atoms with Crippen molar-refractivity contribution < 1.29 is 0 Å². The third-order valence-electron chi connectivity index (χ3n) is 2.88. The molecule has 1 heteroatoms. The first kappa shape index (κ1) is 17.6. The van der Waals surface area contributed by atoms with E-state index in [1.54, 1.807) is 0 Å². The van der Waals surface area contributed by atoms with E-state index in [-0.39, 0.29) is 0 Å². The van der Waals surface area contributed by atoms with Gasteiger partial charge in [0, 0.05) is 12.4 Å². The van der Waals surface area contributed by atoms with Crippen LogP contribution in [0.25, 0.3) is 0 Å². The van der Waals surface area contributed by atoms with E-state index in [2.05, 4.69) is 42.3 Å². The Labute approximate surface area is 119 Å². The van der Waals surface area contributed by atoms with Gasteiger partial charge in [0.15, 0.2) is 0 Å². The summed E-state index contributed by atoms with van der Waals surface area (Å²) in [5, 5.41) is 0. The van der Waals surface area contributed by atoms with E-state index in [0.717, 1.165) is 6.42 Å². The largest absolute Gasteiger partial charge is 0.265 e. The van der Waals surface area contributed by atoms with Crippen LogP contribution in [0.2, 0.25) is 0 Å². The van der Waals surface area contributed by atoms with Crippen molar-refractivity contribution in [3.05, 3.63) is 53.9 Å². The summed E-state index contributed by atoms with van der Waals surface area (Å²) in [7, 11) is 0. The maximum atomic E-state index is 4.04. The number of hydrogen-bond donors (Lipinski definition) is 0. The maximum Gasteiger partial charge on any atom is 0.0270 e. The number of aromatic nitrogens is 1. The third kappa shape index (κ3) is 6.95. The minimum atomic E-state index is 0.615. The van der Waals surface area contributed by atoms with Crippen LogP contribution in [0.1, 0.15) is 53.0 Å². The molecule has 1 aromatic rings. The normalized spacial score (nSPS) is 14.3. The minimum absolute atomic E-state index is 0.615. The molecule has 0 aliphatic heterocycles. The molecule has 0 bridgehead atoms. The lowest BCUT2D eigenvalue weighted by molar-refractivity contribution is 0.683. The molecule has 0 radical (unpaired) electrons. The van der Waals surface area contributed by atoms with Gasteiger partial charge in [0.2, 0.25) is 0 Å². The van der Waals surface area contributed by atoms with E-state index >= 15 is 0 Å². The van der Waals surface area contributed by atoms with Crippen LogP contribution in [0, 0.1) is 5.92 Å². The quantitative estimate of drug-likeness (QED) is 0.689. The van der Waals surface area contributed by atoms with Crippen molar-refractivity contribution in [2.24, 2.45) is 5.92 Å². The van der Waals surface area contributed by atoms with E-state index in [1.165, 1.54) is 24.0 Å². The first-order valence-corrected chi connectivity index (χ1v) is 7.62. The molecule has 1 aliphatic carbocycles. The summed E-state index contributed by atoms with van der Waals surface area (Å²) in [4.78, 5) is 4.04. The Balaban J connectivity index is 0.000000741. The maximum absolute atomic E-state index is 4.04. The molecule has 0 amide bonds. The molecular formula is C18H29N. The molecule has 19 heavy (non-hydrogen) atoms. The van der Waals surface area contributed by atoms with Gasteiger partial charge < -0.3 is 0 Å². The summed E-state index contributed by atoms with van der Waals surface area (Å²) in [6, 6.07) is 4.20. The minimum Gasteiger partial charge on any atom is -0.265 e. The molecular weight excluding hydrogens is 230 g/mol. The molecule has 1 heterocycles. The standard InChI is InChI=1S/C14H17N.2C2H6/c1-12(14-5-3-2-4-6-14)11-13-7-9-15-10-8-13;2*1-2/h3,5-10,12H,2,4,11H2,1H3;2*1-2H3. The van der Waals surface area contributed by atoms with E-state index < -0.39 is 0 Å². The van der Waals surface area contributed by atoms with Crippen LogP contribution in [-0.2, 0) is 6.42 Å². The van der Waals surface area contributed by atoms with Crippen LogP contribution >= 0.6 is 0 Å². The smallest absolute Gasteiger partial charge is 0.0270 e. The second kappa shape index (κ2) is 11.7. The lowest BCUT2D eigenvalue weighted by Gasteiger charge is -2.15. The molecule has 0 saturated heterocycles. The Morgan fingerprint density at radius 2 is 1.68 bits per heavy atom. The van der Waals surface area contributed by atoms with Gasteiger partial charge in [0.05, 0.1) is 0 Å². The lowest BCUT2D eigenvalue weighted by Crippen LogP contribution is -2.03. The highest BCUT2D eigenvalue weighted by molar-refractivity contribution is 5.26. The fourth-order valence-electron chi connectivity index (χ4n) is 1.99. The van der Waals surface area contributed by atoms with E-state index in [0.29, 0.717) is 5.92 Å². The molecule has 1 aromatic heterocycles. The molecule has 2 rings (SSSR count). The zero-order valence-electron chi connectivity index (χ0n) is 13.2. The monoisotopic (exact) mass is 259 g/mol. The molecule has 0 spiro atoms. The van der Waals surface area contributed by atoms with Crippen LogP contribution < -0.4 is 0 Å². The molecule has 1 aliphatic rings. The summed E-state index contributed by atoms with van der Waals surface area (Å²) in [6.07, 6.45) is 14.2. The van der Waals surface area contributed by atoms with E-state index in [4.69, 9.17) is 0 Å². The van der Waals surface area contributed by atoms with Crippen molar-refractivity contribution in [3.8, 4) is 0 Å². The van der Waals surface area contributed by atoms with Gasteiger partial charge in [0.1, 0.15) is 0 Å². The fourth-order valence-corrected chi connectivity index (χ4v) is 1.99. The zero-order valence-corrected chi connectivity index (χ0v) is 13.2. The van der Waals surface area contributed by atoms with Crippen LogP contribution in [0.15, 0.2) is 48.3 Å². The molecule has 0 saturated carbocycles. The Morgan fingerprint density at radius 1 is 1.05 bits per heavy atom. The first-order chi connectivity index (χ1) is 9.36. The van der Waals surface area contributed by atoms with Crippen LogP contribution in [0.3, 0.4) is 0 Å². The lowest BCUT2D eigenvalue weighted by atomic mass is 9.90. The Hall–Kier alpha value is -1.37. The summed E-state index contributed by atoms with van der Waals surface area (Å²) in [5.41, 5.74) is 2.86. The van der Waals surface area contributed by atoms with Gasteiger partial charge in [-0.3, -0.25) is 4.98 Å². The highest BCUT2D eigenvalue weighted by Crippen LogP contribution is 2.21. The molecule has 1 atom stereocenters. The van der Waals surface area contributed by atoms with E-state index in [9.17, 15) is 0 Å². The Kier molecular flexibility index (Phi) is 10.9. The number of pyridine rings is 1. The SMILES string of the molecule is CC.CC.CC(Cc1ccncc1)C1=CCCC=C1. The summed E-state index contributed by atoms with van der Waals surface area (Å²) >= 11 is 0. The Bertz CT molecular complexity index is 363. The van der Waals surface area contributed by atoms with Crippen LogP contribution in [0.4, 0.5) is 0 Å². The molecule has 106 valence electrons. The highest BCUT2D eigenvalue weighted by Gasteiger charge is 2.08. The molecule has 0 fully saturated rings. The predicted octanol–water partition coefficient (Wildman–Crippen LogP) is 5.59. The Morgan fingerprint density at radius 3 is 2.21 bits per heavy atom. The predicted molar refractivity (Wildman–Crippen MR) is 86.3 cm³/mol. The van der Waals surface area contributed by atoms with Gasteiger partial charge in [-0.25, -0.2) is 0 Å². The van der Waals surface area contributed by atoms with Gasteiger partial charge >= 0.3 is 0 Å². The summed E-state index contributed by atoms with van der Waals surface area (Å²) < 4.78 is 0. The summed E-state index contributed by atoms with van der Waals surface area (Å²) in [6.45, 7) is 10.3. The van der Waals surface area contributed by atoms with Crippen molar-refractivity contribution in [1.29, 1.82) is 0 Å². The molecule has 1 unspecified atom stereocenters.